The lowest BCUT2D eigenvalue weighted by Gasteiger charge is -2.29. The van der Waals surface area contributed by atoms with E-state index in [-0.39, 0.29) is 0 Å². The monoisotopic (exact) mass is 348 g/mol. The molecule has 1 N–H and O–H groups in total. The van der Waals surface area contributed by atoms with Gasteiger partial charge in [-0.1, -0.05) is 13.8 Å². The minimum Gasteiger partial charge on any atom is -0.312 e. The summed E-state index contributed by atoms with van der Waals surface area (Å²) in [5.41, 5.74) is 1.07. The molecule has 2 rings (SSSR count). The predicted octanol–water partition coefficient (Wildman–Crippen LogP) is 2.68. The molecule has 2 heterocycles. The van der Waals surface area contributed by atoms with Crippen molar-refractivity contribution in [2.24, 2.45) is 0 Å². The summed E-state index contributed by atoms with van der Waals surface area (Å²) in [5.74, 6) is 0.885. The van der Waals surface area contributed by atoms with E-state index in [1.165, 1.54) is 11.3 Å². The van der Waals surface area contributed by atoms with Gasteiger partial charge in [0.2, 0.25) is 0 Å². The van der Waals surface area contributed by atoms with E-state index in [1.54, 1.807) is 4.31 Å². The van der Waals surface area contributed by atoms with Crippen molar-refractivity contribution in [3.05, 3.63) is 16.5 Å². The van der Waals surface area contributed by atoms with Crippen LogP contribution in [0.1, 0.15) is 30.7 Å². The molecule has 1 saturated heterocycles. The van der Waals surface area contributed by atoms with E-state index < -0.39 is 10.0 Å². The van der Waals surface area contributed by atoms with Crippen LogP contribution < -0.4 is 5.32 Å². The zero-order valence-corrected chi connectivity index (χ0v) is 15.3. The lowest BCUT2D eigenvalue weighted by Crippen LogP contribution is -2.40. The Morgan fingerprint density at radius 3 is 2.90 bits per heavy atom. The predicted molar refractivity (Wildman–Crippen MR) is 91.7 cm³/mol. The Kier molecular flexibility index (Phi) is 6.14. The fourth-order valence-corrected chi connectivity index (χ4v) is 6.77. The molecule has 0 saturated carbocycles. The molecule has 4 nitrogen and oxygen atoms in total. The first-order chi connectivity index (χ1) is 9.95. The average molecular weight is 349 g/mol. The lowest BCUT2D eigenvalue weighted by molar-refractivity contribution is 0.425. The second-order valence-electron chi connectivity index (χ2n) is 5.39. The molecule has 1 aliphatic heterocycles. The number of hydrogen-bond acceptors (Lipinski definition) is 5. The third kappa shape index (κ3) is 4.22. The van der Waals surface area contributed by atoms with Gasteiger partial charge in [-0.05, 0) is 31.5 Å². The molecule has 0 spiro atoms. The molecule has 120 valence electrons. The number of aryl methyl sites for hydroxylation is 1. The summed E-state index contributed by atoms with van der Waals surface area (Å²) in [6.07, 6.45) is 1.08. The van der Waals surface area contributed by atoms with Gasteiger partial charge in [0.15, 0.2) is 0 Å². The van der Waals surface area contributed by atoms with Gasteiger partial charge in [-0.3, -0.25) is 0 Å². The van der Waals surface area contributed by atoms with Gasteiger partial charge < -0.3 is 5.32 Å². The summed E-state index contributed by atoms with van der Waals surface area (Å²) in [5, 5.41) is 3.72. The first-order valence-corrected chi connectivity index (χ1v) is 10.7. The minimum absolute atomic E-state index is 0.375. The van der Waals surface area contributed by atoms with Crippen molar-refractivity contribution >= 4 is 33.1 Å². The molecular formula is C14H24N2O2S3. The Hall–Kier alpha value is -0.0800. The molecule has 0 bridgehead atoms. The van der Waals surface area contributed by atoms with Crippen LogP contribution in [0.5, 0.6) is 0 Å². The third-order valence-corrected chi connectivity index (χ3v) is 8.20. The maximum absolute atomic E-state index is 12.7. The van der Waals surface area contributed by atoms with Crippen molar-refractivity contribution in [2.75, 3.05) is 25.4 Å². The normalized spacial score (nSPS) is 20.8. The van der Waals surface area contributed by atoms with Gasteiger partial charge in [0, 0.05) is 35.5 Å². The second kappa shape index (κ2) is 7.46. The number of rotatable bonds is 6. The summed E-state index contributed by atoms with van der Waals surface area (Å²) >= 11 is 3.26. The van der Waals surface area contributed by atoms with Crippen LogP contribution in [0.4, 0.5) is 0 Å². The fourth-order valence-electron chi connectivity index (χ4n) is 2.30. The molecule has 1 aromatic rings. The highest BCUT2D eigenvalue weighted by Gasteiger charge is 2.30. The molecule has 1 aromatic heterocycles. The van der Waals surface area contributed by atoms with Crippen LogP contribution in [0, 0.1) is 6.92 Å². The second-order valence-corrected chi connectivity index (χ2v) is 10.2. The molecule has 1 aliphatic rings. The topological polar surface area (TPSA) is 49.4 Å². The molecule has 7 heteroatoms. The van der Waals surface area contributed by atoms with Crippen molar-refractivity contribution < 1.29 is 8.42 Å². The molecule has 0 aromatic carbocycles. The van der Waals surface area contributed by atoms with Crippen LogP contribution in [0.3, 0.4) is 0 Å². The standard InChI is InChI=1S/C14H24N2O2S3/c1-4-5-15-9-13-11(2)8-14(20-13)21(17,18)16-6-7-19-12(3)10-16/h8,12,15H,4-7,9-10H2,1-3H3. The molecule has 1 fully saturated rings. The summed E-state index contributed by atoms with van der Waals surface area (Å²) in [6, 6.07) is 1.83. The largest absolute Gasteiger partial charge is 0.312 e. The zero-order valence-electron chi connectivity index (χ0n) is 12.9. The summed E-state index contributed by atoms with van der Waals surface area (Å²) in [4.78, 5) is 1.13. The van der Waals surface area contributed by atoms with Gasteiger partial charge in [-0.25, -0.2) is 8.42 Å². The number of thioether (sulfide) groups is 1. The summed E-state index contributed by atoms with van der Waals surface area (Å²) in [7, 11) is -3.32. The Morgan fingerprint density at radius 1 is 1.48 bits per heavy atom. The SMILES string of the molecule is CCCNCc1sc(S(=O)(=O)N2CCSC(C)C2)cc1C. The van der Waals surface area contributed by atoms with Crippen molar-refractivity contribution in [3.8, 4) is 0 Å². The van der Waals surface area contributed by atoms with Gasteiger partial charge in [0.1, 0.15) is 4.21 Å². The zero-order chi connectivity index (χ0) is 15.5. The maximum Gasteiger partial charge on any atom is 0.252 e. The molecule has 1 atom stereocenters. The Labute approximate surface area is 136 Å². The molecule has 21 heavy (non-hydrogen) atoms. The van der Waals surface area contributed by atoms with Crippen molar-refractivity contribution in [1.29, 1.82) is 0 Å². The lowest BCUT2D eigenvalue weighted by atomic mass is 10.3. The minimum atomic E-state index is -3.32. The first-order valence-electron chi connectivity index (χ1n) is 7.37. The number of hydrogen-bond donors (Lipinski definition) is 1. The Morgan fingerprint density at radius 2 is 2.24 bits per heavy atom. The van der Waals surface area contributed by atoms with E-state index >= 15 is 0 Å². The summed E-state index contributed by atoms with van der Waals surface area (Å²) in [6.45, 7) is 9.16. The molecular weight excluding hydrogens is 324 g/mol. The van der Waals surface area contributed by atoms with E-state index in [4.69, 9.17) is 0 Å². The third-order valence-electron chi connectivity index (χ3n) is 3.51. The average Bonchev–Trinajstić information content (AvgIpc) is 2.81. The number of nitrogens with one attached hydrogen (secondary N) is 1. The van der Waals surface area contributed by atoms with Crippen molar-refractivity contribution in [3.63, 3.8) is 0 Å². The Bertz CT molecular complexity index is 569. The molecule has 1 unspecified atom stereocenters. The number of thiophene rings is 1. The first kappa shape index (κ1) is 17.3. The summed E-state index contributed by atoms with van der Waals surface area (Å²) < 4.78 is 27.6. The quantitative estimate of drug-likeness (QED) is 0.803. The highest BCUT2D eigenvalue weighted by Crippen LogP contribution is 2.30. The van der Waals surface area contributed by atoms with E-state index in [9.17, 15) is 8.42 Å². The fraction of sp³-hybridized carbons (Fsp3) is 0.714. The van der Waals surface area contributed by atoms with Crippen LogP contribution >= 0.6 is 23.1 Å². The molecule has 0 aliphatic carbocycles. The van der Waals surface area contributed by atoms with Gasteiger partial charge >= 0.3 is 0 Å². The highest BCUT2D eigenvalue weighted by molar-refractivity contribution is 8.00. The Balaban J connectivity index is 2.14. The van der Waals surface area contributed by atoms with Gasteiger partial charge in [-0.15, -0.1) is 11.3 Å². The molecule has 0 amide bonds. The van der Waals surface area contributed by atoms with E-state index in [1.807, 2.05) is 24.8 Å². The van der Waals surface area contributed by atoms with Crippen LogP contribution in [0.15, 0.2) is 10.3 Å². The van der Waals surface area contributed by atoms with Crippen LogP contribution in [-0.2, 0) is 16.6 Å². The van der Waals surface area contributed by atoms with Crippen molar-refractivity contribution in [2.45, 2.75) is 43.2 Å². The van der Waals surface area contributed by atoms with Crippen LogP contribution in [0.25, 0.3) is 0 Å². The molecule has 0 radical (unpaired) electrons. The highest BCUT2D eigenvalue weighted by atomic mass is 32.2. The number of sulfonamides is 1. The van der Waals surface area contributed by atoms with E-state index in [2.05, 4.69) is 19.2 Å². The van der Waals surface area contributed by atoms with E-state index in [0.29, 0.717) is 22.5 Å². The maximum atomic E-state index is 12.7. The van der Waals surface area contributed by atoms with Gasteiger partial charge in [-0.2, -0.15) is 16.1 Å². The smallest absolute Gasteiger partial charge is 0.252 e. The van der Waals surface area contributed by atoms with Gasteiger partial charge in [0.05, 0.1) is 0 Å². The number of nitrogens with zero attached hydrogens (tertiary/aromatic N) is 1. The van der Waals surface area contributed by atoms with Crippen LogP contribution in [-0.4, -0.2) is 43.4 Å². The van der Waals surface area contributed by atoms with Crippen molar-refractivity contribution in [1.82, 2.24) is 9.62 Å². The van der Waals surface area contributed by atoms with Crippen LogP contribution in [0.2, 0.25) is 0 Å². The van der Waals surface area contributed by atoms with E-state index in [0.717, 1.165) is 35.7 Å². The van der Waals surface area contributed by atoms with Gasteiger partial charge in [0.25, 0.3) is 10.0 Å².